The van der Waals surface area contributed by atoms with Gasteiger partial charge in [-0.1, -0.05) is 13.8 Å². The average Bonchev–Trinajstić information content (AvgIpc) is 2.60. The number of rotatable bonds is 8. The Morgan fingerprint density at radius 3 is 2.33 bits per heavy atom. The molecule has 0 bridgehead atoms. The zero-order valence-electron chi connectivity index (χ0n) is 14.8. The van der Waals surface area contributed by atoms with Crippen molar-refractivity contribution < 1.29 is 9.84 Å². The molecular formula is C19H29N3O2. The summed E-state index contributed by atoms with van der Waals surface area (Å²) in [5, 5.41) is 18.9. The molecule has 5 heteroatoms. The number of hydrogen-bond donors (Lipinski definition) is 1. The quantitative estimate of drug-likeness (QED) is 0.789. The van der Waals surface area contributed by atoms with Gasteiger partial charge in [0, 0.05) is 32.7 Å². The molecule has 1 aromatic carbocycles. The van der Waals surface area contributed by atoms with Gasteiger partial charge in [-0.05, 0) is 43.1 Å². The van der Waals surface area contributed by atoms with Crippen LogP contribution in [0.4, 0.5) is 0 Å². The molecule has 1 N–H and O–H groups in total. The van der Waals surface area contributed by atoms with Gasteiger partial charge in [0.15, 0.2) is 0 Å². The van der Waals surface area contributed by atoms with Gasteiger partial charge in [-0.25, -0.2) is 0 Å². The molecule has 5 nitrogen and oxygen atoms in total. The smallest absolute Gasteiger partial charge is 0.119 e. The molecule has 2 rings (SSSR count). The standard InChI is InChI=1S/C19H29N3O2/c1-16(2)7-8-21-9-11-22(12-10-21)14-18(23)15-24-19-5-3-17(13-20)4-6-19/h3-6,16,18,23H,7-12,14-15H2,1-2H3/t18-/m1/s1. The molecule has 24 heavy (non-hydrogen) atoms. The lowest BCUT2D eigenvalue weighted by Gasteiger charge is -2.35. The van der Waals surface area contributed by atoms with Crippen LogP contribution in [0.1, 0.15) is 25.8 Å². The third-order valence-corrected chi connectivity index (χ3v) is 4.38. The first kappa shape index (κ1) is 18.7. The second kappa shape index (κ2) is 9.63. The van der Waals surface area contributed by atoms with E-state index in [4.69, 9.17) is 10.00 Å². The van der Waals surface area contributed by atoms with Crippen LogP contribution >= 0.6 is 0 Å². The van der Waals surface area contributed by atoms with Crippen LogP contribution in [0.5, 0.6) is 5.75 Å². The Kier molecular flexibility index (Phi) is 7.51. The maximum absolute atomic E-state index is 10.2. The highest BCUT2D eigenvalue weighted by molar-refractivity contribution is 5.34. The second-order valence-corrected chi connectivity index (χ2v) is 6.93. The molecule has 0 radical (unpaired) electrons. The third-order valence-electron chi connectivity index (χ3n) is 4.38. The van der Waals surface area contributed by atoms with Gasteiger partial charge in [0.25, 0.3) is 0 Å². The molecule has 1 atom stereocenters. The number of benzene rings is 1. The molecule has 0 spiro atoms. The molecule has 0 amide bonds. The molecule has 0 aliphatic carbocycles. The van der Waals surface area contributed by atoms with Crippen LogP contribution in [-0.4, -0.2) is 66.9 Å². The van der Waals surface area contributed by atoms with Crippen LogP contribution in [0.25, 0.3) is 0 Å². The Bertz CT molecular complexity index is 516. The molecule has 0 unspecified atom stereocenters. The molecule has 132 valence electrons. The lowest BCUT2D eigenvalue weighted by atomic mass is 10.1. The summed E-state index contributed by atoms with van der Waals surface area (Å²) < 4.78 is 5.60. The topological polar surface area (TPSA) is 59.7 Å². The van der Waals surface area contributed by atoms with E-state index in [0.29, 0.717) is 17.9 Å². The van der Waals surface area contributed by atoms with Gasteiger partial charge in [-0.3, -0.25) is 4.90 Å². The first-order valence-corrected chi connectivity index (χ1v) is 8.82. The van der Waals surface area contributed by atoms with Crippen molar-refractivity contribution in [2.45, 2.75) is 26.4 Å². The fraction of sp³-hybridized carbons (Fsp3) is 0.632. The summed E-state index contributed by atoms with van der Waals surface area (Å²) in [6.45, 7) is 10.8. The highest BCUT2D eigenvalue weighted by Gasteiger charge is 2.19. The van der Waals surface area contributed by atoms with E-state index < -0.39 is 6.10 Å². The van der Waals surface area contributed by atoms with E-state index >= 15 is 0 Å². The number of nitriles is 1. The van der Waals surface area contributed by atoms with Crippen LogP contribution in [0.3, 0.4) is 0 Å². The Hall–Kier alpha value is -1.61. The van der Waals surface area contributed by atoms with E-state index in [2.05, 4.69) is 29.7 Å². The minimum absolute atomic E-state index is 0.277. The summed E-state index contributed by atoms with van der Waals surface area (Å²) in [5.41, 5.74) is 0.609. The number of piperazine rings is 1. The minimum Gasteiger partial charge on any atom is -0.491 e. The summed E-state index contributed by atoms with van der Waals surface area (Å²) in [7, 11) is 0. The van der Waals surface area contributed by atoms with E-state index in [-0.39, 0.29) is 6.61 Å². The first-order chi connectivity index (χ1) is 11.6. The van der Waals surface area contributed by atoms with Crippen molar-refractivity contribution >= 4 is 0 Å². The number of aliphatic hydroxyl groups excluding tert-OH is 1. The maximum Gasteiger partial charge on any atom is 0.119 e. The van der Waals surface area contributed by atoms with Crippen molar-refractivity contribution in [3.63, 3.8) is 0 Å². The number of ether oxygens (including phenoxy) is 1. The van der Waals surface area contributed by atoms with Crippen molar-refractivity contribution in [2.24, 2.45) is 5.92 Å². The van der Waals surface area contributed by atoms with E-state index in [9.17, 15) is 5.11 Å². The van der Waals surface area contributed by atoms with E-state index in [0.717, 1.165) is 32.1 Å². The van der Waals surface area contributed by atoms with Gasteiger partial charge >= 0.3 is 0 Å². The van der Waals surface area contributed by atoms with Gasteiger partial charge in [-0.15, -0.1) is 0 Å². The third kappa shape index (κ3) is 6.48. The van der Waals surface area contributed by atoms with Crippen LogP contribution in [-0.2, 0) is 0 Å². The molecule has 1 fully saturated rings. The van der Waals surface area contributed by atoms with E-state index in [1.54, 1.807) is 24.3 Å². The number of nitrogens with zero attached hydrogens (tertiary/aromatic N) is 3. The van der Waals surface area contributed by atoms with Crippen LogP contribution in [0.2, 0.25) is 0 Å². The Morgan fingerprint density at radius 2 is 1.75 bits per heavy atom. The average molecular weight is 331 g/mol. The molecular weight excluding hydrogens is 302 g/mol. The molecule has 0 aromatic heterocycles. The Balaban J connectivity index is 1.64. The number of β-amino-alcohol motifs (C(OH)–C–C–N with tert-alkyl or cyclic N) is 1. The predicted molar refractivity (Wildman–Crippen MR) is 95.0 cm³/mol. The summed E-state index contributed by atoms with van der Waals surface area (Å²) in [6.07, 6.45) is 0.754. The molecule has 1 saturated heterocycles. The monoisotopic (exact) mass is 331 g/mol. The Morgan fingerprint density at radius 1 is 1.12 bits per heavy atom. The predicted octanol–water partition coefficient (Wildman–Crippen LogP) is 1.96. The molecule has 1 aliphatic rings. The van der Waals surface area contributed by atoms with Crippen molar-refractivity contribution in [3.8, 4) is 11.8 Å². The Labute approximate surface area is 145 Å². The lowest BCUT2D eigenvalue weighted by molar-refractivity contribution is 0.0453. The lowest BCUT2D eigenvalue weighted by Crippen LogP contribution is -2.49. The fourth-order valence-corrected chi connectivity index (χ4v) is 2.81. The number of hydrogen-bond acceptors (Lipinski definition) is 5. The fourth-order valence-electron chi connectivity index (χ4n) is 2.81. The molecule has 1 aromatic rings. The van der Waals surface area contributed by atoms with Crippen LogP contribution in [0.15, 0.2) is 24.3 Å². The van der Waals surface area contributed by atoms with Gasteiger partial charge in [0.1, 0.15) is 18.5 Å². The van der Waals surface area contributed by atoms with Gasteiger partial charge in [-0.2, -0.15) is 5.26 Å². The zero-order valence-corrected chi connectivity index (χ0v) is 14.8. The van der Waals surface area contributed by atoms with Crippen molar-refractivity contribution in [2.75, 3.05) is 45.9 Å². The summed E-state index contributed by atoms with van der Waals surface area (Å²) >= 11 is 0. The van der Waals surface area contributed by atoms with Crippen molar-refractivity contribution in [1.82, 2.24) is 9.80 Å². The van der Waals surface area contributed by atoms with Crippen LogP contribution < -0.4 is 4.74 Å². The largest absolute Gasteiger partial charge is 0.491 e. The normalized spacial score (nSPS) is 17.6. The highest BCUT2D eigenvalue weighted by Crippen LogP contribution is 2.12. The second-order valence-electron chi connectivity index (χ2n) is 6.93. The summed E-state index contributed by atoms with van der Waals surface area (Å²) in [5.74, 6) is 1.44. The van der Waals surface area contributed by atoms with Gasteiger partial charge < -0.3 is 14.7 Å². The number of aliphatic hydroxyl groups is 1. The van der Waals surface area contributed by atoms with Crippen LogP contribution in [0, 0.1) is 17.2 Å². The van der Waals surface area contributed by atoms with Gasteiger partial charge in [0.05, 0.1) is 11.6 Å². The highest BCUT2D eigenvalue weighted by atomic mass is 16.5. The summed E-state index contributed by atoms with van der Waals surface area (Å²) in [4.78, 5) is 4.81. The zero-order chi connectivity index (χ0) is 17.4. The molecule has 0 saturated carbocycles. The maximum atomic E-state index is 10.2. The van der Waals surface area contributed by atoms with E-state index in [1.807, 2.05) is 0 Å². The minimum atomic E-state index is -0.497. The SMILES string of the molecule is CC(C)CCN1CCN(C[C@@H](O)COc2ccc(C#N)cc2)CC1. The summed E-state index contributed by atoms with van der Waals surface area (Å²) in [6, 6.07) is 9.04. The first-order valence-electron chi connectivity index (χ1n) is 8.82. The van der Waals surface area contributed by atoms with Crippen molar-refractivity contribution in [3.05, 3.63) is 29.8 Å². The van der Waals surface area contributed by atoms with E-state index in [1.165, 1.54) is 13.0 Å². The molecule has 1 aliphatic heterocycles. The van der Waals surface area contributed by atoms with Crippen molar-refractivity contribution in [1.29, 1.82) is 5.26 Å². The molecule has 1 heterocycles. The van der Waals surface area contributed by atoms with Gasteiger partial charge in [0.2, 0.25) is 0 Å².